The average Bonchev–Trinajstić information content (AvgIpc) is 2.87. The second-order valence-electron chi connectivity index (χ2n) is 5.32. The van der Waals surface area contributed by atoms with Gasteiger partial charge in [-0.15, -0.1) is 0 Å². The molecule has 0 spiro atoms. The first-order valence-corrected chi connectivity index (χ1v) is 8.38. The van der Waals surface area contributed by atoms with Gasteiger partial charge >= 0.3 is 0 Å². The maximum Gasteiger partial charge on any atom is 0.240 e. The molecule has 2 rings (SSSR count). The van der Waals surface area contributed by atoms with Crippen LogP contribution in [0.15, 0.2) is 29.3 Å². The molecular formula is C16H21N3O4S. The number of hydrogen-bond acceptors (Lipinski definition) is 6. The van der Waals surface area contributed by atoms with Crippen LogP contribution < -0.4 is 15.4 Å². The van der Waals surface area contributed by atoms with E-state index >= 15 is 0 Å². The Morgan fingerprint density at radius 3 is 2.71 bits per heavy atom. The van der Waals surface area contributed by atoms with Gasteiger partial charge in [-0.3, -0.25) is 14.6 Å². The van der Waals surface area contributed by atoms with E-state index in [0.717, 1.165) is 0 Å². The molecule has 2 atom stereocenters. The number of hydrogen-bond donors (Lipinski definition) is 2. The molecule has 0 radical (unpaired) electrons. The van der Waals surface area contributed by atoms with Crippen molar-refractivity contribution in [2.24, 2.45) is 4.99 Å². The molecule has 7 nitrogen and oxygen atoms in total. The summed E-state index contributed by atoms with van der Waals surface area (Å²) in [7, 11) is 3.18. The fourth-order valence-corrected chi connectivity index (χ4v) is 3.20. The molecule has 1 heterocycles. The third-order valence-electron chi connectivity index (χ3n) is 3.27. The Morgan fingerprint density at radius 2 is 2.08 bits per heavy atom. The van der Waals surface area contributed by atoms with Crippen LogP contribution in [0.5, 0.6) is 5.75 Å². The fourth-order valence-electron chi connectivity index (χ4n) is 2.13. The number of methoxy groups -OCH3 is 2. The molecule has 8 heteroatoms. The standard InChI is InChI=1S/C16H21N3O4S/c1-10(9-22-2)17-16-19-15(21)13(24-16)8-14(20)18-11-4-6-12(23-3)7-5-11/h4-7,10,13H,8-9H2,1-3H3,(H,18,20)(H,17,19,21). The zero-order valence-electron chi connectivity index (χ0n) is 13.9. The highest BCUT2D eigenvalue weighted by molar-refractivity contribution is 8.15. The van der Waals surface area contributed by atoms with E-state index in [-0.39, 0.29) is 24.3 Å². The Bertz CT molecular complexity index is 618. The largest absolute Gasteiger partial charge is 0.497 e. The number of benzene rings is 1. The Kier molecular flexibility index (Phi) is 6.62. The minimum Gasteiger partial charge on any atom is -0.497 e. The van der Waals surface area contributed by atoms with Gasteiger partial charge in [0.2, 0.25) is 11.8 Å². The molecule has 2 amide bonds. The van der Waals surface area contributed by atoms with E-state index in [9.17, 15) is 9.59 Å². The van der Waals surface area contributed by atoms with Crippen molar-refractivity contribution in [2.75, 3.05) is 26.1 Å². The lowest BCUT2D eigenvalue weighted by Gasteiger charge is -2.08. The third-order valence-corrected chi connectivity index (χ3v) is 4.36. The maximum atomic E-state index is 12.1. The lowest BCUT2D eigenvalue weighted by Crippen LogP contribution is -2.28. The van der Waals surface area contributed by atoms with Crippen molar-refractivity contribution >= 4 is 34.4 Å². The Morgan fingerprint density at radius 1 is 1.38 bits per heavy atom. The molecule has 1 saturated heterocycles. The second kappa shape index (κ2) is 8.70. The molecule has 1 aliphatic heterocycles. The Labute approximate surface area is 145 Å². The smallest absolute Gasteiger partial charge is 0.240 e. The van der Waals surface area contributed by atoms with Crippen LogP contribution in [0.4, 0.5) is 5.69 Å². The monoisotopic (exact) mass is 351 g/mol. The van der Waals surface area contributed by atoms with Crippen LogP contribution in [0.1, 0.15) is 13.3 Å². The summed E-state index contributed by atoms with van der Waals surface area (Å²) < 4.78 is 10.1. The van der Waals surface area contributed by atoms with Gasteiger partial charge in [0.25, 0.3) is 0 Å². The van der Waals surface area contributed by atoms with Crippen LogP contribution in [-0.4, -0.2) is 49.1 Å². The molecule has 24 heavy (non-hydrogen) atoms. The molecule has 2 unspecified atom stereocenters. The third kappa shape index (κ3) is 5.24. The number of carbonyl (C=O) groups excluding carboxylic acids is 2. The first kappa shape index (κ1) is 18.3. The number of amides is 2. The number of ether oxygens (including phenoxy) is 2. The molecule has 1 aromatic rings. The maximum absolute atomic E-state index is 12.1. The minimum absolute atomic E-state index is 0.0512. The van der Waals surface area contributed by atoms with E-state index in [1.807, 2.05) is 6.92 Å². The first-order chi connectivity index (χ1) is 11.5. The van der Waals surface area contributed by atoms with Gasteiger partial charge in [0.15, 0.2) is 5.17 Å². The lowest BCUT2D eigenvalue weighted by atomic mass is 10.2. The topological polar surface area (TPSA) is 89.0 Å². The summed E-state index contributed by atoms with van der Waals surface area (Å²) in [6.07, 6.45) is 0.0835. The van der Waals surface area contributed by atoms with Crippen molar-refractivity contribution < 1.29 is 19.1 Å². The number of anilines is 1. The van der Waals surface area contributed by atoms with E-state index in [0.29, 0.717) is 23.2 Å². The molecule has 2 N–H and O–H groups in total. The summed E-state index contributed by atoms with van der Waals surface area (Å²) in [6, 6.07) is 6.96. The van der Waals surface area contributed by atoms with Gasteiger partial charge in [-0.05, 0) is 31.2 Å². The molecule has 0 bridgehead atoms. The van der Waals surface area contributed by atoms with Crippen LogP contribution in [0.25, 0.3) is 0 Å². The number of carbonyl (C=O) groups is 2. The van der Waals surface area contributed by atoms with E-state index < -0.39 is 5.25 Å². The summed E-state index contributed by atoms with van der Waals surface area (Å²) >= 11 is 1.27. The van der Waals surface area contributed by atoms with Crippen LogP contribution in [-0.2, 0) is 14.3 Å². The van der Waals surface area contributed by atoms with E-state index in [1.165, 1.54) is 11.8 Å². The number of nitrogens with one attached hydrogen (secondary N) is 2. The van der Waals surface area contributed by atoms with Gasteiger partial charge < -0.3 is 20.1 Å². The van der Waals surface area contributed by atoms with Crippen molar-refractivity contribution in [3.05, 3.63) is 24.3 Å². The molecule has 1 aliphatic rings. The lowest BCUT2D eigenvalue weighted by molar-refractivity contribution is -0.122. The molecule has 1 fully saturated rings. The van der Waals surface area contributed by atoms with Crippen molar-refractivity contribution in [2.45, 2.75) is 24.6 Å². The van der Waals surface area contributed by atoms with Crippen molar-refractivity contribution in [3.63, 3.8) is 0 Å². The average molecular weight is 351 g/mol. The van der Waals surface area contributed by atoms with Gasteiger partial charge in [0.05, 0.1) is 19.8 Å². The van der Waals surface area contributed by atoms with Crippen LogP contribution in [0.3, 0.4) is 0 Å². The van der Waals surface area contributed by atoms with Gasteiger partial charge in [0.1, 0.15) is 11.0 Å². The van der Waals surface area contributed by atoms with Crippen molar-refractivity contribution in [1.29, 1.82) is 0 Å². The minimum atomic E-state index is -0.475. The fraction of sp³-hybridized carbons (Fsp3) is 0.438. The van der Waals surface area contributed by atoms with Crippen LogP contribution >= 0.6 is 11.8 Å². The Hall–Kier alpha value is -2.06. The highest BCUT2D eigenvalue weighted by Gasteiger charge is 2.32. The van der Waals surface area contributed by atoms with Gasteiger partial charge in [0, 0.05) is 19.2 Å². The number of amidine groups is 1. The zero-order valence-corrected chi connectivity index (χ0v) is 14.7. The van der Waals surface area contributed by atoms with Crippen LogP contribution in [0, 0.1) is 0 Å². The summed E-state index contributed by atoms with van der Waals surface area (Å²) in [4.78, 5) is 28.4. The summed E-state index contributed by atoms with van der Waals surface area (Å²) in [5.74, 6) is 0.289. The van der Waals surface area contributed by atoms with Gasteiger partial charge in [-0.1, -0.05) is 11.8 Å². The normalized spacial score (nSPS) is 19.9. The molecular weight excluding hydrogens is 330 g/mol. The molecule has 0 saturated carbocycles. The molecule has 0 aliphatic carbocycles. The predicted octanol–water partition coefficient (Wildman–Crippen LogP) is 1.65. The van der Waals surface area contributed by atoms with E-state index in [4.69, 9.17) is 9.47 Å². The number of aliphatic imine (C=N–C) groups is 1. The quantitative estimate of drug-likeness (QED) is 0.780. The Balaban J connectivity index is 1.88. The molecule has 130 valence electrons. The summed E-state index contributed by atoms with van der Waals surface area (Å²) in [5, 5.41) is 5.53. The van der Waals surface area contributed by atoms with Crippen molar-refractivity contribution in [3.8, 4) is 5.75 Å². The first-order valence-electron chi connectivity index (χ1n) is 7.50. The number of rotatable bonds is 7. The van der Waals surface area contributed by atoms with E-state index in [2.05, 4.69) is 15.6 Å². The second-order valence-corrected chi connectivity index (χ2v) is 6.51. The van der Waals surface area contributed by atoms with Crippen LogP contribution in [0.2, 0.25) is 0 Å². The number of nitrogens with zero attached hydrogens (tertiary/aromatic N) is 1. The SMILES string of the molecule is COCC(C)N=C1NC(=O)C(CC(=O)Nc2ccc(OC)cc2)S1. The summed E-state index contributed by atoms with van der Waals surface area (Å²) in [5.41, 5.74) is 0.659. The van der Waals surface area contributed by atoms with Crippen molar-refractivity contribution in [1.82, 2.24) is 5.32 Å². The van der Waals surface area contributed by atoms with Gasteiger partial charge in [-0.25, -0.2) is 0 Å². The highest BCUT2D eigenvalue weighted by Crippen LogP contribution is 2.24. The predicted molar refractivity (Wildman–Crippen MR) is 94.5 cm³/mol. The number of thioether (sulfide) groups is 1. The van der Waals surface area contributed by atoms with E-state index in [1.54, 1.807) is 38.5 Å². The molecule has 1 aromatic carbocycles. The zero-order chi connectivity index (χ0) is 17.5. The van der Waals surface area contributed by atoms with Gasteiger partial charge in [-0.2, -0.15) is 0 Å². The molecule has 0 aromatic heterocycles. The highest BCUT2D eigenvalue weighted by atomic mass is 32.2. The summed E-state index contributed by atoms with van der Waals surface area (Å²) in [6.45, 7) is 2.37.